The number of benzene rings is 1. The molecule has 4 rings (SSSR count). The summed E-state index contributed by atoms with van der Waals surface area (Å²) in [6.45, 7) is 2.53. The van der Waals surface area contributed by atoms with Crippen LogP contribution in [0.2, 0.25) is 5.02 Å². The number of rotatable bonds is 2. The Labute approximate surface area is 158 Å². The fraction of sp³-hybridized carbons (Fsp3) is 0.222. The van der Waals surface area contributed by atoms with Crippen molar-refractivity contribution < 1.29 is 0 Å². The van der Waals surface area contributed by atoms with E-state index in [0.717, 1.165) is 32.9 Å². The van der Waals surface area contributed by atoms with Crippen LogP contribution < -0.4 is 10.5 Å². The van der Waals surface area contributed by atoms with Gasteiger partial charge in [0, 0.05) is 23.8 Å². The van der Waals surface area contributed by atoms with E-state index in [1.54, 1.807) is 11.6 Å². The summed E-state index contributed by atoms with van der Waals surface area (Å²) in [6, 6.07) is 9.72. The summed E-state index contributed by atoms with van der Waals surface area (Å²) in [5.41, 5.74) is 4.89. The van der Waals surface area contributed by atoms with Crippen LogP contribution >= 0.6 is 27.5 Å². The lowest BCUT2D eigenvalue weighted by atomic mass is 10.0. The number of aryl methyl sites for hydroxylation is 2. The van der Waals surface area contributed by atoms with Gasteiger partial charge in [0.2, 0.25) is 0 Å². The maximum Gasteiger partial charge on any atom is 0.253 e. The summed E-state index contributed by atoms with van der Waals surface area (Å²) in [6.07, 6.45) is 1.87. The van der Waals surface area contributed by atoms with Crippen LogP contribution in [-0.4, -0.2) is 14.5 Å². The molecule has 3 heterocycles. The van der Waals surface area contributed by atoms with Gasteiger partial charge in [-0.1, -0.05) is 23.7 Å². The van der Waals surface area contributed by atoms with Gasteiger partial charge in [-0.05, 0) is 46.6 Å². The number of anilines is 1. The number of hydrogen-bond acceptors (Lipinski definition) is 3. The molecular formula is C18H16BrClN4O. The Hall–Kier alpha value is -2.05. The van der Waals surface area contributed by atoms with Crippen molar-refractivity contribution in [3.8, 4) is 0 Å². The van der Waals surface area contributed by atoms with Crippen molar-refractivity contribution in [3.05, 3.63) is 79.2 Å². The quantitative estimate of drug-likeness (QED) is 0.684. The van der Waals surface area contributed by atoms with Gasteiger partial charge in [0.25, 0.3) is 5.56 Å². The van der Waals surface area contributed by atoms with Gasteiger partial charge in [0.1, 0.15) is 0 Å². The standard InChI is InChI=1S/C18H16BrClN4O/c1-10-7-13(8-23(2)17(10)25)24-9-14-15(22-18(19)21-14)16(24)11-3-5-12(20)6-4-11/h3-8,16H,9H2,1-2H3,(H,21,22). The molecule has 128 valence electrons. The molecule has 1 unspecified atom stereocenters. The van der Waals surface area contributed by atoms with Crippen molar-refractivity contribution >= 4 is 33.2 Å². The minimum absolute atomic E-state index is 0.0189. The third-order valence-electron chi connectivity index (χ3n) is 4.55. The highest BCUT2D eigenvalue weighted by molar-refractivity contribution is 9.10. The average Bonchev–Trinajstić information content (AvgIpc) is 3.09. The van der Waals surface area contributed by atoms with Crippen LogP contribution in [0.1, 0.15) is 28.6 Å². The fourth-order valence-electron chi connectivity index (χ4n) is 3.38. The van der Waals surface area contributed by atoms with E-state index < -0.39 is 0 Å². The molecule has 1 atom stereocenters. The largest absolute Gasteiger partial charge is 0.352 e. The van der Waals surface area contributed by atoms with Gasteiger partial charge >= 0.3 is 0 Å². The highest BCUT2D eigenvalue weighted by Crippen LogP contribution is 2.41. The number of H-pyrrole nitrogens is 1. The van der Waals surface area contributed by atoms with E-state index in [-0.39, 0.29) is 11.6 Å². The molecule has 0 fully saturated rings. The van der Waals surface area contributed by atoms with Gasteiger partial charge in [-0.2, -0.15) is 0 Å². The Bertz CT molecular complexity index is 983. The molecule has 1 N–H and O–H groups in total. The molecule has 7 heteroatoms. The van der Waals surface area contributed by atoms with Gasteiger partial charge in [-0.15, -0.1) is 0 Å². The smallest absolute Gasteiger partial charge is 0.253 e. The van der Waals surface area contributed by atoms with Crippen LogP contribution in [0.15, 0.2) is 46.1 Å². The molecule has 0 amide bonds. The monoisotopic (exact) mass is 418 g/mol. The van der Waals surface area contributed by atoms with Crippen molar-refractivity contribution in [2.24, 2.45) is 7.05 Å². The van der Waals surface area contributed by atoms with Crippen molar-refractivity contribution in [2.75, 3.05) is 4.90 Å². The molecule has 5 nitrogen and oxygen atoms in total. The maximum absolute atomic E-state index is 12.0. The predicted molar refractivity (Wildman–Crippen MR) is 102 cm³/mol. The molecular weight excluding hydrogens is 404 g/mol. The first-order valence-electron chi connectivity index (χ1n) is 7.87. The van der Waals surface area contributed by atoms with Crippen molar-refractivity contribution in [1.29, 1.82) is 0 Å². The Morgan fingerprint density at radius 2 is 2.04 bits per heavy atom. The number of hydrogen-bond donors (Lipinski definition) is 1. The summed E-state index contributed by atoms with van der Waals surface area (Å²) in [5, 5.41) is 0.703. The lowest BCUT2D eigenvalue weighted by molar-refractivity contribution is 0.732. The minimum Gasteiger partial charge on any atom is -0.352 e. The Balaban J connectivity index is 1.85. The van der Waals surface area contributed by atoms with Crippen LogP contribution in [0.4, 0.5) is 5.69 Å². The van der Waals surface area contributed by atoms with Crippen LogP contribution in [0.3, 0.4) is 0 Å². The van der Waals surface area contributed by atoms with Crippen LogP contribution in [0.25, 0.3) is 0 Å². The fourth-order valence-corrected chi connectivity index (χ4v) is 3.94. The first-order valence-corrected chi connectivity index (χ1v) is 9.05. The molecule has 1 aliphatic heterocycles. The van der Waals surface area contributed by atoms with Gasteiger partial charge in [-0.3, -0.25) is 4.79 Å². The summed E-state index contributed by atoms with van der Waals surface area (Å²) >= 11 is 9.48. The summed E-state index contributed by atoms with van der Waals surface area (Å²) in [7, 11) is 1.78. The first kappa shape index (κ1) is 16.4. The third-order valence-corrected chi connectivity index (χ3v) is 5.17. The normalized spacial score (nSPS) is 16.3. The molecule has 0 saturated carbocycles. The Morgan fingerprint density at radius 3 is 2.72 bits per heavy atom. The van der Waals surface area contributed by atoms with E-state index in [9.17, 15) is 4.79 Å². The minimum atomic E-state index is -0.0354. The van der Waals surface area contributed by atoms with E-state index in [1.807, 2.05) is 43.5 Å². The van der Waals surface area contributed by atoms with E-state index in [0.29, 0.717) is 11.6 Å². The van der Waals surface area contributed by atoms with E-state index in [4.69, 9.17) is 11.6 Å². The molecule has 2 aromatic heterocycles. The molecule has 3 aromatic rings. The molecule has 1 aromatic carbocycles. The van der Waals surface area contributed by atoms with Gasteiger partial charge < -0.3 is 14.5 Å². The molecule has 0 spiro atoms. The molecule has 1 aliphatic rings. The highest BCUT2D eigenvalue weighted by atomic mass is 79.9. The maximum atomic E-state index is 12.0. The number of nitrogens with one attached hydrogen (secondary N) is 1. The number of fused-ring (bicyclic) bond motifs is 1. The second kappa shape index (κ2) is 6.04. The van der Waals surface area contributed by atoms with Crippen LogP contribution in [0, 0.1) is 6.92 Å². The number of aromatic nitrogens is 3. The molecule has 0 saturated heterocycles. The van der Waals surface area contributed by atoms with E-state index in [1.165, 1.54) is 0 Å². The third kappa shape index (κ3) is 2.79. The molecule has 25 heavy (non-hydrogen) atoms. The van der Waals surface area contributed by atoms with Gasteiger partial charge in [0.05, 0.1) is 29.7 Å². The number of halogens is 2. The Morgan fingerprint density at radius 1 is 1.32 bits per heavy atom. The zero-order valence-corrected chi connectivity index (χ0v) is 16.1. The SMILES string of the molecule is Cc1cc(N2Cc3[nH]c(Br)nc3C2c2ccc(Cl)cc2)cn(C)c1=O. The molecule has 0 radical (unpaired) electrons. The first-order chi connectivity index (χ1) is 11.9. The Kier molecular flexibility index (Phi) is 3.96. The lowest BCUT2D eigenvalue weighted by Gasteiger charge is -2.28. The van der Waals surface area contributed by atoms with Crippen LogP contribution in [0.5, 0.6) is 0 Å². The second-order valence-electron chi connectivity index (χ2n) is 6.27. The lowest BCUT2D eigenvalue weighted by Crippen LogP contribution is -2.26. The molecule has 0 bridgehead atoms. The summed E-state index contributed by atoms with van der Waals surface area (Å²) < 4.78 is 2.35. The summed E-state index contributed by atoms with van der Waals surface area (Å²) in [4.78, 5) is 22.2. The van der Waals surface area contributed by atoms with E-state index >= 15 is 0 Å². The zero-order valence-electron chi connectivity index (χ0n) is 13.8. The number of imidazole rings is 1. The average molecular weight is 420 g/mol. The van der Waals surface area contributed by atoms with Crippen molar-refractivity contribution in [1.82, 2.24) is 14.5 Å². The molecule has 0 aliphatic carbocycles. The topological polar surface area (TPSA) is 53.9 Å². The zero-order chi connectivity index (χ0) is 17.7. The van der Waals surface area contributed by atoms with Gasteiger partial charge in [-0.25, -0.2) is 4.98 Å². The predicted octanol–water partition coefficient (Wildman–Crippen LogP) is 3.94. The number of nitrogens with zero attached hydrogens (tertiary/aromatic N) is 3. The number of pyridine rings is 1. The highest BCUT2D eigenvalue weighted by Gasteiger charge is 2.35. The van der Waals surface area contributed by atoms with Crippen molar-refractivity contribution in [3.63, 3.8) is 0 Å². The summed E-state index contributed by atoms with van der Waals surface area (Å²) in [5.74, 6) is 0. The number of aromatic amines is 1. The second-order valence-corrected chi connectivity index (χ2v) is 7.46. The van der Waals surface area contributed by atoms with Gasteiger partial charge in [0.15, 0.2) is 4.73 Å². The van der Waals surface area contributed by atoms with Crippen LogP contribution in [-0.2, 0) is 13.6 Å². The van der Waals surface area contributed by atoms with Crippen molar-refractivity contribution in [2.45, 2.75) is 19.5 Å². The van der Waals surface area contributed by atoms with E-state index in [2.05, 4.69) is 30.8 Å².